The maximum atomic E-state index is 11.4. The molecule has 0 aliphatic carbocycles. The molecule has 0 bridgehead atoms. The second-order valence-corrected chi connectivity index (χ2v) is 8.36. The topological polar surface area (TPSA) is 26.9 Å². The van der Waals surface area contributed by atoms with Crippen LogP contribution in [0.25, 0.3) is 54.7 Å². The largest absolute Gasteiger partial charge is 0.341 e. The molecule has 0 saturated heterocycles. The summed E-state index contributed by atoms with van der Waals surface area (Å²) in [4.78, 5) is 11.4. The molecule has 0 unspecified atom stereocenters. The molecule has 156 valence electrons. The Morgan fingerprint density at radius 1 is 0.594 bits per heavy atom. The van der Waals surface area contributed by atoms with Gasteiger partial charge in [-0.15, -0.1) is 0 Å². The fraction of sp³-hybridized carbons (Fsp3) is 0.138. The minimum absolute atomic E-state index is 0.715. The van der Waals surface area contributed by atoms with E-state index in [9.17, 15) is 4.79 Å². The Bertz CT molecular complexity index is 1670. The van der Waals surface area contributed by atoms with E-state index >= 15 is 0 Å². The first-order valence-corrected chi connectivity index (χ1v) is 11.3. The maximum absolute atomic E-state index is 11.4. The molecular weight excluding hydrogens is 392 g/mol. The number of hydrogen-bond acceptors (Lipinski definition) is 1. The first-order valence-electron chi connectivity index (χ1n) is 11.3. The predicted octanol–water partition coefficient (Wildman–Crippen LogP) is 7.42. The Morgan fingerprint density at radius 3 is 1.69 bits per heavy atom. The summed E-state index contributed by atoms with van der Waals surface area (Å²) >= 11 is 0. The highest BCUT2D eigenvalue weighted by Gasteiger charge is 2.14. The molecule has 0 N–H and O–H groups in total. The standard InChI is InChI=1S/C29H24N2O/c1-3-30-26-8-6-5-7-22(26)24-16-20(10-13-28(24)30)21-11-14-29-25(17-21)23-15-19(18-32)9-12-27(23)31(29)4-2/h5-18H,3-4H2,1-2H3. The van der Waals surface area contributed by atoms with Crippen molar-refractivity contribution in [2.45, 2.75) is 26.9 Å². The smallest absolute Gasteiger partial charge is 0.150 e. The highest BCUT2D eigenvalue weighted by atomic mass is 16.1. The van der Waals surface area contributed by atoms with Gasteiger partial charge >= 0.3 is 0 Å². The minimum atomic E-state index is 0.715. The quantitative estimate of drug-likeness (QED) is 0.275. The van der Waals surface area contributed by atoms with Crippen molar-refractivity contribution in [2.24, 2.45) is 0 Å². The monoisotopic (exact) mass is 416 g/mol. The SMILES string of the molecule is CCn1c2ccccc2c2cc(-c3ccc4c(c3)c3cc(C=O)ccc3n4CC)ccc21. The van der Waals surface area contributed by atoms with Crippen molar-refractivity contribution in [3.05, 3.63) is 84.4 Å². The number of fused-ring (bicyclic) bond motifs is 6. The molecule has 3 heteroatoms. The normalized spacial score (nSPS) is 11.8. The fourth-order valence-electron chi connectivity index (χ4n) is 5.29. The average molecular weight is 417 g/mol. The molecule has 0 atom stereocenters. The third-order valence-corrected chi connectivity index (χ3v) is 6.76. The Kier molecular flexibility index (Phi) is 4.19. The van der Waals surface area contributed by atoms with Crippen LogP contribution in [0.1, 0.15) is 24.2 Å². The Morgan fingerprint density at radius 2 is 1.09 bits per heavy atom. The zero-order valence-corrected chi connectivity index (χ0v) is 18.3. The first-order chi connectivity index (χ1) is 15.7. The van der Waals surface area contributed by atoms with Gasteiger partial charge in [-0.1, -0.05) is 30.3 Å². The summed E-state index contributed by atoms with van der Waals surface area (Å²) in [5.41, 5.74) is 8.06. The van der Waals surface area contributed by atoms with Crippen molar-refractivity contribution in [1.82, 2.24) is 9.13 Å². The van der Waals surface area contributed by atoms with Crippen LogP contribution in [0.5, 0.6) is 0 Å². The van der Waals surface area contributed by atoms with Gasteiger partial charge in [0.25, 0.3) is 0 Å². The van der Waals surface area contributed by atoms with Crippen molar-refractivity contribution >= 4 is 49.9 Å². The van der Waals surface area contributed by atoms with Gasteiger partial charge in [0.15, 0.2) is 0 Å². The van der Waals surface area contributed by atoms with E-state index in [-0.39, 0.29) is 0 Å². The summed E-state index contributed by atoms with van der Waals surface area (Å²) in [6.07, 6.45) is 0.926. The van der Waals surface area contributed by atoms with Gasteiger partial charge in [-0.3, -0.25) is 4.79 Å². The van der Waals surface area contributed by atoms with Gasteiger partial charge in [0, 0.05) is 62.3 Å². The van der Waals surface area contributed by atoms with Crippen LogP contribution in [0.4, 0.5) is 0 Å². The molecule has 2 heterocycles. The Balaban J connectivity index is 1.62. The summed E-state index contributed by atoms with van der Waals surface area (Å²) in [7, 11) is 0. The summed E-state index contributed by atoms with van der Waals surface area (Å²) < 4.78 is 4.70. The summed E-state index contributed by atoms with van der Waals surface area (Å²) in [6, 6.07) is 28.1. The summed E-state index contributed by atoms with van der Waals surface area (Å²) in [5.74, 6) is 0. The molecular formula is C29H24N2O. The average Bonchev–Trinajstić information content (AvgIpc) is 3.34. The van der Waals surface area contributed by atoms with Crippen LogP contribution < -0.4 is 0 Å². The van der Waals surface area contributed by atoms with Crippen LogP contribution in [0.3, 0.4) is 0 Å². The molecule has 0 spiro atoms. The predicted molar refractivity (Wildman–Crippen MR) is 135 cm³/mol. The molecule has 6 rings (SSSR count). The van der Waals surface area contributed by atoms with Gasteiger partial charge in [0.05, 0.1) is 0 Å². The van der Waals surface area contributed by atoms with Crippen molar-refractivity contribution in [3.63, 3.8) is 0 Å². The molecule has 6 aromatic rings. The van der Waals surface area contributed by atoms with E-state index in [2.05, 4.69) is 89.7 Å². The number of aldehydes is 1. The number of aromatic nitrogens is 2. The van der Waals surface area contributed by atoms with Crippen molar-refractivity contribution in [1.29, 1.82) is 0 Å². The molecule has 0 radical (unpaired) electrons. The number of rotatable bonds is 4. The number of carbonyl (C=O) groups excluding carboxylic acids is 1. The van der Waals surface area contributed by atoms with Crippen molar-refractivity contribution < 1.29 is 4.79 Å². The van der Waals surface area contributed by atoms with E-state index in [4.69, 9.17) is 0 Å². The number of benzene rings is 4. The van der Waals surface area contributed by atoms with Crippen LogP contribution >= 0.6 is 0 Å². The van der Waals surface area contributed by atoms with Crippen molar-refractivity contribution in [3.8, 4) is 11.1 Å². The number of nitrogens with zero attached hydrogens (tertiary/aromatic N) is 2. The number of carbonyl (C=O) groups is 1. The van der Waals surface area contributed by atoms with Gasteiger partial charge in [-0.25, -0.2) is 0 Å². The summed E-state index contributed by atoms with van der Waals surface area (Å²) in [5, 5.41) is 4.92. The van der Waals surface area contributed by atoms with E-state index in [1.165, 1.54) is 49.4 Å². The van der Waals surface area contributed by atoms with E-state index in [0.717, 1.165) is 24.8 Å². The van der Waals surface area contributed by atoms with Crippen LogP contribution in [-0.2, 0) is 13.1 Å². The van der Waals surface area contributed by atoms with Gasteiger partial charge in [-0.2, -0.15) is 0 Å². The second kappa shape index (κ2) is 7.10. The molecule has 0 aliphatic rings. The van der Waals surface area contributed by atoms with Gasteiger partial charge in [0.1, 0.15) is 6.29 Å². The molecule has 32 heavy (non-hydrogen) atoms. The van der Waals surface area contributed by atoms with Gasteiger partial charge < -0.3 is 9.13 Å². The zero-order chi connectivity index (χ0) is 21.8. The van der Waals surface area contributed by atoms with E-state index in [1.54, 1.807) is 0 Å². The van der Waals surface area contributed by atoms with E-state index < -0.39 is 0 Å². The molecule has 4 aromatic carbocycles. The lowest BCUT2D eigenvalue weighted by Gasteiger charge is -2.06. The van der Waals surface area contributed by atoms with Crippen LogP contribution in [-0.4, -0.2) is 15.4 Å². The van der Waals surface area contributed by atoms with E-state index in [0.29, 0.717) is 5.56 Å². The third-order valence-electron chi connectivity index (χ3n) is 6.76. The summed E-state index contributed by atoms with van der Waals surface area (Å²) in [6.45, 7) is 6.20. The maximum Gasteiger partial charge on any atom is 0.150 e. The lowest BCUT2D eigenvalue weighted by molar-refractivity contribution is 0.112. The molecule has 2 aromatic heterocycles. The zero-order valence-electron chi connectivity index (χ0n) is 18.3. The minimum Gasteiger partial charge on any atom is -0.341 e. The lowest BCUT2D eigenvalue weighted by atomic mass is 10.0. The molecule has 0 amide bonds. The lowest BCUT2D eigenvalue weighted by Crippen LogP contribution is -1.93. The van der Waals surface area contributed by atoms with E-state index in [1.807, 2.05) is 12.1 Å². The van der Waals surface area contributed by atoms with Gasteiger partial charge in [0.2, 0.25) is 0 Å². The Labute approximate surface area is 186 Å². The number of hydrogen-bond donors (Lipinski definition) is 0. The van der Waals surface area contributed by atoms with Crippen LogP contribution in [0.2, 0.25) is 0 Å². The highest BCUT2D eigenvalue weighted by molar-refractivity contribution is 6.12. The molecule has 0 aliphatic heterocycles. The molecule has 0 saturated carbocycles. The molecule has 3 nitrogen and oxygen atoms in total. The number of aryl methyl sites for hydroxylation is 2. The molecule has 0 fully saturated rings. The van der Waals surface area contributed by atoms with Gasteiger partial charge in [-0.05, 0) is 73.5 Å². The Hall–Kier alpha value is -3.85. The number of para-hydroxylation sites is 1. The van der Waals surface area contributed by atoms with Crippen molar-refractivity contribution in [2.75, 3.05) is 0 Å². The first kappa shape index (κ1) is 18.9. The van der Waals surface area contributed by atoms with Crippen LogP contribution in [0, 0.1) is 0 Å². The fourth-order valence-corrected chi connectivity index (χ4v) is 5.29. The second-order valence-electron chi connectivity index (χ2n) is 8.36. The van der Waals surface area contributed by atoms with Crippen LogP contribution in [0.15, 0.2) is 78.9 Å². The highest BCUT2D eigenvalue weighted by Crippen LogP contribution is 2.36. The third kappa shape index (κ3) is 2.57.